The first kappa shape index (κ1) is 15.0. The summed E-state index contributed by atoms with van der Waals surface area (Å²) in [6.45, 7) is 4.27. The van der Waals surface area contributed by atoms with Gasteiger partial charge in [-0.05, 0) is 62.1 Å². The molecular weight excluding hydrogens is 322 g/mol. The normalized spacial score (nSPS) is 27.2. The van der Waals surface area contributed by atoms with E-state index in [1.165, 1.54) is 23.3 Å². The fraction of sp³-hybridized carbons (Fsp3) is 0.350. The van der Waals surface area contributed by atoms with E-state index in [0.29, 0.717) is 5.69 Å². The number of rotatable bonds is 1. The highest BCUT2D eigenvalue weighted by Crippen LogP contribution is 2.58. The number of nitrogens with zero attached hydrogens (tertiary/aromatic N) is 2. The summed E-state index contributed by atoms with van der Waals surface area (Å²) < 4.78 is 37.7. The van der Waals surface area contributed by atoms with Gasteiger partial charge in [-0.15, -0.1) is 0 Å². The molecule has 1 saturated heterocycles. The van der Waals surface area contributed by atoms with Gasteiger partial charge in [-0.1, -0.05) is 0 Å². The van der Waals surface area contributed by atoms with E-state index in [2.05, 4.69) is 26.0 Å². The van der Waals surface area contributed by atoms with Crippen molar-refractivity contribution in [2.24, 2.45) is 7.05 Å². The predicted molar refractivity (Wildman–Crippen MR) is 89.4 cm³/mol. The number of imidazole rings is 1. The molecule has 5 heteroatoms. The van der Waals surface area contributed by atoms with Gasteiger partial charge in [-0.3, -0.25) is 0 Å². The molecule has 2 bridgehead atoms. The highest BCUT2D eigenvalue weighted by atomic mass is 19.1. The molecule has 2 unspecified atom stereocenters. The maximum Gasteiger partial charge on any atom is 0.249 e. The molecule has 2 atom stereocenters. The van der Waals surface area contributed by atoms with Gasteiger partial charge in [0.1, 0.15) is 5.82 Å². The van der Waals surface area contributed by atoms with Gasteiger partial charge in [0.05, 0.1) is 18.2 Å². The van der Waals surface area contributed by atoms with Gasteiger partial charge in [0, 0.05) is 6.07 Å². The molecule has 0 aliphatic carbocycles. The lowest BCUT2D eigenvalue weighted by molar-refractivity contribution is -0.645. The fourth-order valence-corrected chi connectivity index (χ4v) is 4.55. The van der Waals surface area contributed by atoms with Crippen molar-refractivity contribution in [3.05, 3.63) is 59.4 Å². The minimum Gasteiger partial charge on any atom is -0.360 e. The summed E-state index contributed by atoms with van der Waals surface area (Å²) in [4.78, 5) is 0. The number of aromatic nitrogens is 2. The van der Waals surface area contributed by atoms with Crippen LogP contribution in [0, 0.1) is 11.6 Å². The van der Waals surface area contributed by atoms with Crippen molar-refractivity contribution < 1.29 is 18.1 Å². The SMILES string of the molecule is C[n+]1cn(-c2ccc(F)cc2F)c2cc3c(cc21)C1(C)CCC3(C)O1. The molecule has 1 aromatic heterocycles. The van der Waals surface area contributed by atoms with Crippen molar-refractivity contribution in [3.8, 4) is 5.69 Å². The van der Waals surface area contributed by atoms with Gasteiger partial charge in [0.25, 0.3) is 0 Å². The summed E-state index contributed by atoms with van der Waals surface area (Å²) in [5.41, 5.74) is 4.11. The predicted octanol–water partition coefficient (Wildman–Crippen LogP) is 3.99. The van der Waals surface area contributed by atoms with E-state index < -0.39 is 11.6 Å². The number of ether oxygens (including phenoxy) is 1. The quantitative estimate of drug-likeness (QED) is 0.612. The summed E-state index contributed by atoms with van der Waals surface area (Å²) >= 11 is 0. The van der Waals surface area contributed by atoms with Crippen LogP contribution < -0.4 is 4.57 Å². The van der Waals surface area contributed by atoms with Crippen LogP contribution in [-0.4, -0.2) is 4.57 Å². The number of fused-ring (bicyclic) bond motifs is 6. The zero-order chi connectivity index (χ0) is 17.6. The number of aryl methyl sites for hydroxylation is 1. The van der Waals surface area contributed by atoms with E-state index in [-0.39, 0.29) is 11.2 Å². The Kier molecular flexibility index (Phi) is 2.68. The third-order valence-electron chi connectivity index (χ3n) is 5.88. The van der Waals surface area contributed by atoms with Crippen LogP contribution in [0.15, 0.2) is 36.7 Å². The lowest BCUT2D eigenvalue weighted by atomic mass is 9.78. The van der Waals surface area contributed by atoms with Crippen molar-refractivity contribution in [1.82, 2.24) is 4.57 Å². The summed E-state index contributed by atoms with van der Waals surface area (Å²) in [6.07, 6.45) is 3.84. The maximum absolute atomic E-state index is 14.3. The van der Waals surface area contributed by atoms with Crippen LogP contribution in [0.3, 0.4) is 0 Å². The molecule has 0 radical (unpaired) electrons. The highest BCUT2D eigenvalue weighted by Gasteiger charge is 2.55. The number of benzene rings is 2. The minimum atomic E-state index is -0.575. The van der Waals surface area contributed by atoms with Crippen LogP contribution >= 0.6 is 0 Å². The molecule has 0 amide bonds. The van der Waals surface area contributed by atoms with Crippen molar-refractivity contribution in [2.75, 3.05) is 0 Å². The molecule has 2 aromatic carbocycles. The first-order valence-corrected chi connectivity index (χ1v) is 8.52. The Labute approximate surface area is 144 Å². The smallest absolute Gasteiger partial charge is 0.249 e. The largest absolute Gasteiger partial charge is 0.360 e. The molecule has 0 saturated carbocycles. The number of hydrogen-bond donors (Lipinski definition) is 0. The summed E-state index contributed by atoms with van der Waals surface area (Å²) in [5.74, 6) is -1.15. The van der Waals surface area contributed by atoms with Gasteiger partial charge < -0.3 is 4.74 Å². The van der Waals surface area contributed by atoms with Gasteiger partial charge in [0.15, 0.2) is 22.5 Å². The van der Waals surface area contributed by atoms with Crippen LogP contribution in [0.4, 0.5) is 8.78 Å². The summed E-state index contributed by atoms with van der Waals surface area (Å²) in [7, 11) is 1.94. The molecule has 2 aliphatic heterocycles. The third kappa shape index (κ3) is 1.84. The Morgan fingerprint density at radius 1 is 1.04 bits per heavy atom. The second-order valence-corrected chi connectivity index (χ2v) is 7.64. The lowest BCUT2D eigenvalue weighted by Gasteiger charge is -2.22. The zero-order valence-electron chi connectivity index (χ0n) is 14.4. The van der Waals surface area contributed by atoms with Crippen LogP contribution in [0.25, 0.3) is 16.7 Å². The Balaban J connectivity index is 1.81. The molecule has 25 heavy (non-hydrogen) atoms. The van der Waals surface area contributed by atoms with Crippen LogP contribution in [0.5, 0.6) is 0 Å². The fourth-order valence-electron chi connectivity index (χ4n) is 4.55. The van der Waals surface area contributed by atoms with Gasteiger partial charge >= 0.3 is 0 Å². The average Bonchev–Trinajstić information content (AvgIpc) is 3.12. The van der Waals surface area contributed by atoms with E-state index >= 15 is 0 Å². The second kappa shape index (κ2) is 4.47. The first-order valence-electron chi connectivity index (χ1n) is 8.52. The molecule has 0 spiro atoms. The van der Waals surface area contributed by atoms with E-state index in [9.17, 15) is 8.78 Å². The molecule has 128 valence electrons. The van der Waals surface area contributed by atoms with E-state index in [1.807, 2.05) is 17.9 Å². The lowest BCUT2D eigenvalue weighted by Crippen LogP contribution is -2.26. The van der Waals surface area contributed by atoms with Gasteiger partial charge in [-0.2, -0.15) is 4.57 Å². The van der Waals surface area contributed by atoms with Crippen molar-refractivity contribution in [2.45, 2.75) is 37.9 Å². The molecule has 2 aliphatic rings. The topological polar surface area (TPSA) is 18.0 Å². The Morgan fingerprint density at radius 3 is 2.40 bits per heavy atom. The average molecular weight is 341 g/mol. The molecular formula is C20H19F2N2O+. The van der Waals surface area contributed by atoms with Gasteiger partial charge in [0.2, 0.25) is 6.33 Å². The van der Waals surface area contributed by atoms with Crippen LogP contribution in [0.1, 0.15) is 37.8 Å². The van der Waals surface area contributed by atoms with E-state index in [4.69, 9.17) is 4.74 Å². The Bertz CT molecular complexity index is 1060. The highest BCUT2D eigenvalue weighted by molar-refractivity contribution is 5.78. The molecule has 3 heterocycles. The summed E-state index contributed by atoms with van der Waals surface area (Å²) in [5, 5.41) is 0. The number of hydrogen-bond acceptors (Lipinski definition) is 1. The van der Waals surface area contributed by atoms with Crippen molar-refractivity contribution in [3.63, 3.8) is 0 Å². The Morgan fingerprint density at radius 2 is 1.72 bits per heavy atom. The number of halogens is 2. The van der Waals surface area contributed by atoms with E-state index in [0.717, 1.165) is 29.9 Å². The van der Waals surface area contributed by atoms with Crippen LogP contribution in [0.2, 0.25) is 0 Å². The molecule has 1 fully saturated rings. The third-order valence-corrected chi connectivity index (χ3v) is 5.88. The first-order chi connectivity index (χ1) is 11.8. The minimum absolute atomic E-state index is 0.242. The van der Waals surface area contributed by atoms with Crippen molar-refractivity contribution >= 4 is 11.0 Å². The maximum atomic E-state index is 14.3. The molecule has 3 nitrogen and oxygen atoms in total. The Hall–Kier alpha value is -2.27. The monoisotopic (exact) mass is 341 g/mol. The molecule has 5 rings (SSSR count). The van der Waals surface area contributed by atoms with Crippen molar-refractivity contribution in [1.29, 1.82) is 0 Å². The summed E-state index contributed by atoms with van der Waals surface area (Å²) in [6, 6.07) is 7.95. The second-order valence-electron chi connectivity index (χ2n) is 7.64. The van der Waals surface area contributed by atoms with E-state index in [1.54, 1.807) is 4.57 Å². The van der Waals surface area contributed by atoms with Crippen LogP contribution in [-0.2, 0) is 23.0 Å². The van der Waals surface area contributed by atoms with Gasteiger partial charge in [-0.25, -0.2) is 13.3 Å². The standard InChI is InChI=1S/C20H19F2N2O/c1-19-6-7-20(2,25-19)14-10-18-17(9-13(14)19)23(3)11-24(18)16-5-4-12(21)8-15(16)22/h4-5,8-11H,6-7H2,1-3H3/q+1. The zero-order valence-corrected chi connectivity index (χ0v) is 14.4. The molecule has 0 N–H and O–H groups in total. The molecule has 3 aromatic rings.